The number of carbonyl (C=O) groups is 1. The first-order valence-electron chi connectivity index (χ1n) is 7.36. The van der Waals surface area contributed by atoms with E-state index in [0.717, 1.165) is 36.0 Å². The Balaban J connectivity index is 2.22. The van der Waals surface area contributed by atoms with Gasteiger partial charge in [-0.05, 0) is 25.3 Å². The summed E-state index contributed by atoms with van der Waals surface area (Å²) in [6.07, 6.45) is 4.91. The summed E-state index contributed by atoms with van der Waals surface area (Å²) in [6.45, 7) is 1.48. The fourth-order valence-corrected chi connectivity index (χ4v) is 3.16. The minimum Gasteiger partial charge on any atom is -0.366 e. The molecular weight excluding hydrogens is 264 g/mol. The zero-order valence-electron chi connectivity index (χ0n) is 12.0. The number of pyridine rings is 1. The first-order valence-corrected chi connectivity index (χ1v) is 7.36. The molecule has 4 N–H and O–H groups in total. The Labute approximate surface area is 123 Å². The van der Waals surface area contributed by atoms with Crippen molar-refractivity contribution in [3.63, 3.8) is 0 Å². The predicted octanol–water partition coefficient (Wildman–Crippen LogP) is 1.65. The molecule has 0 aliphatic carbocycles. The van der Waals surface area contributed by atoms with E-state index in [1.165, 1.54) is 6.42 Å². The topological polar surface area (TPSA) is 85.2 Å². The molecule has 1 atom stereocenters. The number of rotatable bonds is 3. The van der Waals surface area contributed by atoms with Crippen molar-refractivity contribution in [1.82, 2.24) is 4.98 Å². The molecule has 21 heavy (non-hydrogen) atoms. The van der Waals surface area contributed by atoms with Gasteiger partial charge in [0.25, 0.3) is 5.91 Å². The summed E-state index contributed by atoms with van der Waals surface area (Å²) >= 11 is 0. The van der Waals surface area contributed by atoms with Gasteiger partial charge in [-0.15, -0.1) is 0 Å². The zero-order chi connectivity index (χ0) is 14.8. The minimum atomic E-state index is -0.440. The summed E-state index contributed by atoms with van der Waals surface area (Å²) in [5.41, 5.74) is 13.7. The summed E-state index contributed by atoms with van der Waals surface area (Å²) in [5, 5.41) is 0.967. The minimum absolute atomic E-state index is 0.252. The molecule has 1 aromatic heterocycles. The summed E-state index contributed by atoms with van der Waals surface area (Å²) in [4.78, 5) is 18.4. The highest BCUT2D eigenvalue weighted by Gasteiger charge is 2.26. The number of carbonyl (C=O) groups excluding carboxylic acids is 1. The van der Waals surface area contributed by atoms with Crippen molar-refractivity contribution in [3.05, 3.63) is 36.0 Å². The lowest BCUT2D eigenvalue weighted by Gasteiger charge is -2.38. The van der Waals surface area contributed by atoms with Gasteiger partial charge in [0.05, 0.1) is 16.8 Å². The monoisotopic (exact) mass is 284 g/mol. The van der Waals surface area contributed by atoms with Crippen molar-refractivity contribution in [1.29, 1.82) is 0 Å². The van der Waals surface area contributed by atoms with Crippen molar-refractivity contribution in [3.8, 4) is 0 Å². The highest BCUT2D eigenvalue weighted by molar-refractivity contribution is 6.06. The molecule has 2 heterocycles. The van der Waals surface area contributed by atoms with Gasteiger partial charge in [-0.2, -0.15) is 0 Å². The smallest absolute Gasteiger partial charge is 0.252 e. The second-order valence-electron chi connectivity index (χ2n) is 5.48. The van der Waals surface area contributed by atoms with Gasteiger partial charge >= 0.3 is 0 Å². The van der Waals surface area contributed by atoms with E-state index in [1.807, 2.05) is 24.3 Å². The molecule has 1 unspecified atom stereocenters. The largest absolute Gasteiger partial charge is 0.366 e. The number of hydrogen-bond acceptors (Lipinski definition) is 4. The Morgan fingerprint density at radius 3 is 2.90 bits per heavy atom. The van der Waals surface area contributed by atoms with E-state index in [-0.39, 0.29) is 6.04 Å². The number of fused-ring (bicyclic) bond motifs is 1. The van der Waals surface area contributed by atoms with Crippen molar-refractivity contribution >= 4 is 22.5 Å². The van der Waals surface area contributed by atoms with E-state index in [0.29, 0.717) is 12.1 Å². The SMILES string of the molecule is NCC1CCCCN1c1c(C(N)=O)cnc2ccccc12. The molecule has 1 fully saturated rings. The van der Waals surface area contributed by atoms with Crippen molar-refractivity contribution in [2.24, 2.45) is 11.5 Å². The molecule has 0 bridgehead atoms. The lowest BCUT2D eigenvalue weighted by molar-refractivity contribution is 0.100. The summed E-state index contributed by atoms with van der Waals surface area (Å²) < 4.78 is 0. The van der Waals surface area contributed by atoms with Gasteiger partial charge in [0, 0.05) is 30.7 Å². The quantitative estimate of drug-likeness (QED) is 0.897. The fraction of sp³-hybridized carbons (Fsp3) is 0.375. The van der Waals surface area contributed by atoms with Crippen LogP contribution < -0.4 is 16.4 Å². The number of benzene rings is 1. The summed E-state index contributed by atoms with van der Waals surface area (Å²) in [5.74, 6) is -0.440. The van der Waals surface area contributed by atoms with Crippen molar-refractivity contribution < 1.29 is 4.79 Å². The Morgan fingerprint density at radius 1 is 1.33 bits per heavy atom. The molecule has 0 radical (unpaired) electrons. The molecule has 1 aromatic carbocycles. The van der Waals surface area contributed by atoms with Crippen LogP contribution in [0.1, 0.15) is 29.6 Å². The Morgan fingerprint density at radius 2 is 2.14 bits per heavy atom. The van der Waals surface area contributed by atoms with Crippen LogP contribution in [-0.2, 0) is 0 Å². The second kappa shape index (κ2) is 5.69. The van der Waals surface area contributed by atoms with Gasteiger partial charge in [-0.25, -0.2) is 0 Å². The Kier molecular flexibility index (Phi) is 3.75. The molecule has 3 rings (SSSR count). The molecule has 1 saturated heterocycles. The third-order valence-corrected chi connectivity index (χ3v) is 4.20. The highest BCUT2D eigenvalue weighted by Crippen LogP contribution is 2.33. The van der Waals surface area contributed by atoms with E-state index < -0.39 is 5.91 Å². The molecule has 1 aliphatic rings. The van der Waals surface area contributed by atoms with Gasteiger partial charge < -0.3 is 16.4 Å². The lowest BCUT2D eigenvalue weighted by atomic mass is 9.98. The molecule has 0 spiro atoms. The van der Waals surface area contributed by atoms with E-state index in [9.17, 15) is 4.79 Å². The van der Waals surface area contributed by atoms with Crippen molar-refractivity contribution in [2.45, 2.75) is 25.3 Å². The number of nitrogens with two attached hydrogens (primary N) is 2. The first kappa shape index (κ1) is 13.8. The van der Waals surface area contributed by atoms with Gasteiger partial charge in [0.1, 0.15) is 0 Å². The van der Waals surface area contributed by atoms with Crippen molar-refractivity contribution in [2.75, 3.05) is 18.0 Å². The normalized spacial score (nSPS) is 18.9. The molecule has 5 heteroatoms. The number of primary amides is 1. The average molecular weight is 284 g/mol. The summed E-state index contributed by atoms with van der Waals surface area (Å²) in [6, 6.07) is 8.10. The second-order valence-corrected chi connectivity index (χ2v) is 5.48. The molecule has 110 valence electrons. The Bertz CT molecular complexity index is 670. The number of hydrogen-bond donors (Lipinski definition) is 2. The molecular formula is C16H20N4O. The maximum absolute atomic E-state index is 11.8. The van der Waals surface area contributed by atoms with Crippen LogP contribution in [-0.4, -0.2) is 30.0 Å². The van der Waals surface area contributed by atoms with E-state index in [4.69, 9.17) is 11.5 Å². The maximum Gasteiger partial charge on any atom is 0.252 e. The standard InChI is InChI=1S/C16H20N4O/c17-9-11-5-3-4-8-20(11)15-12-6-1-2-7-14(12)19-10-13(15)16(18)21/h1-2,6-7,10-11H,3-5,8-9,17H2,(H2,18,21). The zero-order valence-corrected chi connectivity index (χ0v) is 12.0. The number of para-hydroxylation sites is 1. The van der Waals surface area contributed by atoms with Crippen LogP contribution in [0.2, 0.25) is 0 Å². The van der Waals surface area contributed by atoms with Crippen LogP contribution in [0.15, 0.2) is 30.5 Å². The number of aromatic nitrogens is 1. The van der Waals surface area contributed by atoms with Gasteiger partial charge in [-0.3, -0.25) is 9.78 Å². The molecule has 1 amide bonds. The molecule has 0 saturated carbocycles. The van der Waals surface area contributed by atoms with E-state index >= 15 is 0 Å². The number of anilines is 1. The number of nitrogens with zero attached hydrogens (tertiary/aromatic N) is 2. The van der Waals surface area contributed by atoms with Crippen LogP contribution in [0.5, 0.6) is 0 Å². The predicted molar refractivity (Wildman–Crippen MR) is 84.3 cm³/mol. The molecule has 1 aliphatic heterocycles. The van der Waals surface area contributed by atoms with Gasteiger partial charge in [0.15, 0.2) is 0 Å². The van der Waals surface area contributed by atoms with Crippen LogP contribution in [0.3, 0.4) is 0 Å². The fourth-order valence-electron chi connectivity index (χ4n) is 3.16. The lowest BCUT2D eigenvalue weighted by Crippen LogP contribution is -2.45. The summed E-state index contributed by atoms with van der Waals surface area (Å²) in [7, 11) is 0. The van der Waals surface area contributed by atoms with Crippen LogP contribution in [0.25, 0.3) is 10.9 Å². The van der Waals surface area contributed by atoms with Gasteiger partial charge in [0.2, 0.25) is 0 Å². The molecule has 2 aromatic rings. The number of amides is 1. The third kappa shape index (κ3) is 2.45. The van der Waals surface area contributed by atoms with Crippen LogP contribution in [0, 0.1) is 0 Å². The van der Waals surface area contributed by atoms with E-state index in [2.05, 4.69) is 9.88 Å². The first-order chi connectivity index (χ1) is 10.2. The van der Waals surface area contributed by atoms with Gasteiger partial charge in [-0.1, -0.05) is 18.2 Å². The average Bonchev–Trinajstić information content (AvgIpc) is 2.53. The number of piperidine rings is 1. The van der Waals surface area contributed by atoms with E-state index in [1.54, 1.807) is 6.20 Å². The third-order valence-electron chi connectivity index (χ3n) is 4.20. The van der Waals surface area contributed by atoms with Crippen LogP contribution >= 0.6 is 0 Å². The Hall–Kier alpha value is -2.14. The molecule has 5 nitrogen and oxygen atoms in total. The highest BCUT2D eigenvalue weighted by atomic mass is 16.1. The van der Waals surface area contributed by atoms with Crippen LogP contribution in [0.4, 0.5) is 5.69 Å². The maximum atomic E-state index is 11.8.